The van der Waals surface area contributed by atoms with Gasteiger partial charge in [0.2, 0.25) is 5.91 Å². The zero-order valence-electron chi connectivity index (χ0n) is 13.6. The number of amides is 1. The Morgan fingerprint density at radius 2 is 1.87 bits per heavy atom. The van der Waals surface area contributed by atoms with Crippen LogP contribution in [-0.2, 0) is 11.2 Å². The first kappa shape index (κ1) is 20.6. The van der Waals surface area contributed by atoms with Crippen LogP contribution in [0.2, 0.25) is 10.0 Å². The number of nitrogens with zero attached hydrogens (tertiary/aromatic N) is 1. The van der Waals surface area contributed by atoms with Gasteiger partial charge in [-0.2, -0.15) is 0 Å². The van der Waals surface area contributed by atoms with E-state index in [-0.39, 0.29) is 24.4 Å². The standard InChI is InChI=1S/C17H24Cl2N2O.ClH/c1-12(2)16(11-21-7-3-4-8-21)20-17(22)10-13-5-6-14(18)15(19)9-13;/h5-6,9,12,16H,3-4,7-8,10-11H2,1-2H3,(H,20,22);1H. The molecular weight excluding hydrogens is 355 g/mol. The molecule has 0 radical (unpaired) electrons. The molecule has 0 bridgehead atoms. The third kappa shape index (κ3) is 6.50. The Kier molecular flexibility index (Phi) is 8.70. The Morgan fingerprint density at radius 1 is 1.22 bits per heavy atom. The maximum Gasteiger partial charge on any atom is 0.224 e. The van der Waals surface area contributed by atoms with E-state index in [0.29, 0.717) is 22.4 Å². The predicted octanol–water partition coefficient (Wildman–Crippen LogP) is 4.19. The molecule has 0 saturated carbocycles. The average molecular weight is 380 g/mol. The van der Waals surface area contributed by atoms with Crippen LogP contribution in [0.4, 0.5) is 0 Å². The molecule has 1 saturated heterocycles. The minimum Gasteiger partial charge on any atom is -0.352 e. The van der Waals surface area contributed by atoms with E-state index in [1.807, 2.05) is 6.07 Å². The molecule has 3 nitrogen and oxygen atoms in total. The van der Waals surface area contributed by atoms with Crippen molar-refractivity contribution in [3.63, 3.8) is 0 Å². The number of halogens is 3. The van der Waals surface area contributed by atoms with Crippen LogP contribution < -0.4 is 5.32 Å². The molecule has 1 heterocycles. The number of rotatable bonds is 6. The Bertz CT molecular complexity index is 517. The Morgan fingerprint density at radius 3 is 2.43 bits per heavy atom. The van der Waals surface area contributed by atoms with Crippen molar-refractivity contribution < 1.29 is 4.79 Å². The SMILES string of the molecule is CC(C)C(CN1CCCC1)NC(=O)Cc1ccc(Cl)c(Cl)c1.Cl. The number of hydrogen-bond donors (Lipinski definition) is 1. The van der Waals surface area contributed by atoms with Gasteiger partial charge in [0.25, 0.3) is 0 Å². The summed E-state index contributed by atoms with van der Waals surface area (Å²) in [5, 5.41) is 4.17. The number of benzene rings is 1. The molecule has 1 amide bonds. The van der Waals surface area contributed by atoms with E-state index in [9.17, 15) is 4.79 Å². The lowest BCUT2D eigenvalue weighted by Crippen LogP contribution is -2.46. The zero-order chi connectivity index (χ0) is 16.1. The monoisotopic (exact) mass is 378 g/mol. The van der Waals surface area contributed by atoms with Crippen molar-refractivity contribution in [2.24, 2.45) is 5.92 Å². The van der Waals surface area contributed by atoms with Gasteiger partial charge >= 0.3 is 0 Å². The van der Waals surface area contributed by atoms with E-state index in [4.69, 9.17) is 23.2 Å². The Labute approximate surface area is 155 Å². The lowest BCUT2D eigenvalue weighted by molar-refractivity contribution is -0.121. The summed E-state index contributed by atoms with van der Waals surface area (Å²) in [5.74, 6) is 0.453. The molecule has 23 heavy (non-hydrogen) atoms. The van der Waals surface area contributed by atoms with Crippen LogP contribution in [0.3, 0.4) is 0 Å². The van der Waals surface area contributed by atoms with Gasteiger partial charge in [-0.05, 0) is 49.5 Å². The quantitative estimate of drug-likeness (QED) is 0.803. The van der Waals surface area contributed by atoms with Crippen molar-refractivity contribution in [2.75, 3.05) is 19.6 Å². The maximum atomic E-state index is 12.3. The third-order valence-corrected chi connectivity index (χ3v) is 4.89. The minimum absolute atomic E-state index is 0. The van der Waals surface area contributed by atoms with Crippen LogP contribution in [-0.4, -0.2) is 36.5 Å². The van der Waals surface area contributed by atoms with Crippen molar-refractivity contribution in [1.82, 2.24) is 10.2 Å². The van der Waals surface area contributed by atoms with Gasteiger partial charge < -0.3 is 10.2 Å². The molecule has 6 heteroatoms. The first-order chi connectivity index (χ1) is 10.5. The molecule has 1 N–H and O–H groups in total. The first-order valence-corrected chi connectivity index (χ1v) is 8.67. The lowest BCUT2D eigenvalue weighted by Gasteiger charge is -2.27. The van der Waals surface area contributed by atoms with Crippen molar-refractivity contribution in [3.8, 4) is 0 Å². The van der Waals surface area contributed by atoms with Gasteiger partial charge in [-0.15, -0.1) is 12.4 Å². The highest BCUT2D eigenvalue weighted by Gasteiger charge is 2.21. The zero-order valence-corrected chi connectivity index (χ0v) is 16.0. The molecule has 1 aromatic rings. The second-order valence-electron chi connectivity index (χ2n) is 6.35. The van der Waals surface area contributed by atoms with Gasteiger partial charge in [0.15, 0.2) is 0 Å². The van der Waals surface area contributed by atoms with Gasteiger partial charge in [-0.3, -0.25) is 4.79 Å². The Balaban J connectivity index is 0.00000264. The summed E-state index contributed by atoms with van der Waals surface area (Å²) >= 11 is 11.9. The molecule has 0 spiro atoms. The summed E-state index contributed by atoms with van der Waals surface area (Å²) in [6, 6.07) is 5.53. The molecule has 0 aliphatic carbocycles. The van der Waals surface area contributed by atoms with Crippen molar-refractivity contribution in [1.29, 1.82) is 0 Å². The third-order valence-electron chi connectivity index (χ3n) is 4.15. The summed E-state index contributed by atoms with van der Waals surface area (Å²) in [4.78, 5) is 14.7. The van der Waals surface area contributed by atoms with E-state index in [1.54, 1.807) is 12.1 Å². The fourth-order valence-corrected chi connectivity index (χ4v) is 3.08. The van der Waals surface area contributed by atoms with Gasteiger partial charge in [-0.25, -0.2) is 0 Å². The second-order valence-corrected chi connectivity index (χ2v) is 7.17. The molecule has 130 valence electrons. The average Bonchev–Trinajstić information content (AvgIpc) is 2.95. The molecular formula is C17H25Cl3N2O. The van der Waals surface area contributed by atoms with E-state index in [0.717, 1.165) is 25.2 Å². The smallest absolute Gasteiger partial charge is 0.224 e. The highest BCUT2D eigenvalue weighted by atomic mass is 35.5. The van der Waals surface area contributed by atoms with Crippen LogP contribution in [0.5, 0.6) is 0 Å². The van der Waals surface area contributed by atoms with Crippen molar-refractivity contribution in [3.05, 3.63) is 33.8 Å². The van der Waals surface area contributed by atoms with Crippen LogP contribution in [0, 0.1) is 5.92 Å². The number of hydrogen-bond acceptors (Lipinski definition) is 2. The molecule has 0 aromatic heterocycles. The largest absolute Gasteiger partial charge is 0.352 e. The molecule has 1 aromatic carbocycles. The van der Waals surface area contributed by atoms with E-state index >= 15 is 0 Å². The lowest BCUT2D eigenvalue weighted by atomic mass is 10.0. The summed E-state index contributed by atoms with van der Waals surface area (Å²) in [7, 11) is 0. The van der Waals surface area contributed by atoms with Crippen LogP contribution in [0.15, 0.2) is 18.2 Å². The van der Waals surface area contributed by atoms with Gasteiger partial charge in [-0.1, -0.05) is 43.1 Å². The summed E-state index contributed by atoms with van der Waals surface area (Å²) in [6.07, 6.45) is 2.87. The molecule has 2 rings (SSSR count). The molecule has 1 aliphatic heterocycles. The fourth-order valence-electron chi connectivity index (χ4n) is 2.76. The van der Waals surface area contributed by atoms with E-state index in [1.165, 1.54) is 12.8 Å². The molecule has 1 atom stereocenters. The van der Waals surface area contributed by atoms with Gasteiger partial charge in [0, 0.05) is 12.6 Å². The van der Waals surface area contributed by atoms with Gasteiger partial charge in [0.05, 0.1) is 16.5 Å². The number of carbonyl (C=O) groups excluding carboxylic acids is 1. The molecule has 1 aliphatic rings. The topological polar surface area (TPSA) is 32.3 Å². The summed E-state index contributed by atoms with van der Waals surface area (Å²) < 4.78 is 0. The van der Waals surface area contributed by atoms with Gasteiger partial charge in [0.1, 0.15) is 0 Å². The van der Waals surface area contributed by atoms with Crippen molar-refractivity contribution in [2.45, 2.75) is 39.2 Å². The number of nitrogens with one attached hydrogen (secondary N) is 1. The fraction of sp³-hybridized carbons (Fsp3) is 0.588. The second kappa shape index (κ2) is 9.73. The summed E-state index contributed by atoms with van der Waals surface area (Å²) in [5.41, 5.74) is 0.885. The predicted molar refractivity (Wildman–Crippen MR) is 99.9 cm³/mol. The number of likely N-dealkylation sites (tertiary alicyclic amines) is 1. The first-order valence-electron chi connectivity index (χ1n) is 7.91. The van der Waals surface area contributed by atoms with E-state index in [2.05, 4.69) is 24.1 Å². The van der Waals surface area contributed by atoms with Crippen molar-refractivity contribution >= 4 is 41.5 Å². The minimum atomic E-state index is 0. The summed E-state index contributed by atoms with van der Waals surface area (Å²) in [6.45, 7) is 7.53. The van der Waals surface area contributed by atoms with Crippen LogP contribution in [0.1, 0.15) is 32.3 Å². The van der Waals surface area contributed by atoms with Crippen LogP contribution >= 0.6 is 35.6 Å². The highest BCUT2D eigenvalue weighted by Crippen LogP contribution is 2.22. The van der Waals surface area contributed by atoms with Crippen LogP contribution in [0.25, 0.3) is 0 Å². The Hall–Kier alpha value is -0.480. The molecule has 1 unspecified atom stereocenters. The number of carbonyl (C=O) groups is 1. The normalized spacial score (nSPS) is 16.2. The van der Waals surface area contributed by atoms with E-state index < -0.39 is 0 Å². The highest BCUT2D eigenvalue weighted by molar-refractivity contribution is 6.42. The molecule has 1 fully saturated rings. The maximum absolute atomic E-state index is 12.3.